The second kappa shape index (κ2) is 10.4. The molecule has 1 aromatic carbocycles. The molecular weight excluding hydrogens is 440 g/mol. The maximum absolute atomic E-state index is 12.8. The van der Waals surface area contributed by atoms with Crippen molar-refractivity contribution in [1.82, 2.24) is 19.4 Å². The van der Waals surface area contributed by atoms with Crippen LogP contribution in [-0.2, 0) is 7.05 Å². The zero-order valence-corrected chi connectivity index (χ0v) is 21.2. The summed E-state index contributed by atoms with van der Waals surface area (Å²) in [6, 6.07) is 12.6. The van der Waals surface area contributed by atoms with Crippen molar-refractivity contribution in [2.75, 3.05) is 25.1 Å². The molecule has 0 radical (unpaired) electrons. The van der Waals surface area contributed by atoms with Gasteiger partial charge in [0.05, 0.1) is 12.6 Å². The Morgan fingerprint density at radius 1 is 1.06 bits per heavy atom. The second-order valence-electron chi connectivity index (χ2n) is 9.10. The zero-order valence-electron chi connectivity index (χ0n) is 21.2. The molecule has 1 aliphatic heterocycles. The topological polar surface area (TPSA) is 67.9 Å². The van der Waals surface area contributed by atoms with Crippen molar-refractivity contribution in [1.29, 1.82) is 0 Å². The summed E-state index contributed by atoms with van der Waals surface area (Å²) in [5.41, 5.74) is 2.29. The number of benzene rings is 1. The van der Waals surface area contributed by atoms with Crippen LogP contribution < -0.4 is 15.3 Å². The van der Waals surface area contributed by atoms with E-state index >= 15 is 0 Å². The van der Waals surface area contributed by atoms with Gasteiger partial charge in [0.1, 0.15) is 5.75 Å². The molecular formula is C27H34N6O2. The molecule has 184 valence electrons. The van der Waals surface area contributed by atoms with Crippen molar-refractivity contribution in [3.63, 3.8) is 0 Å². The maximum atomic E-state index is 12.8. The van der Waals surface area contributed by atoms with Gasteiger partial charge in [0.25, 0.3) is 5.82 Å². The quantitative estimate of drug-likeness (QED) is 0.462. The van der Waals surface area contributed by atoms with E-state index in [0.717, 1.165) is 38.1 Å². The molecule has 35 heavy (non-hydrogen) atoms. The normalized spacial score (nSPS) is 19.5. The molecule has 1 fully saturated rings. The minimum absolute atomic E-state index is 0.173. The summed E-state index contributed by atoms with van der Waals surface area (Å²) >= 11 is 0. The molecule has 0 saturated carbocycles. The van der Waals surface area contributed by atoms with Gasteiger partial charge in [-0.15, -0.1) is 4.98 Å². The molecule has 8 heteroatoms. The summed E-state index contributed by atoms with van der Waals surface area (Å²) in [7, 11) is 3.39. The van der Waals surface area contributed by atoms with Crippen LogP contribution >= 0.6 is 0 Å². The summed E-state index contributed by atoms with van der Waals surface area (Å²) in [5, 5.41) is 0. The van der Waals surface area contributed by atoms with Gasteiger partial charge in [-0.25, -0.2) is 4.79 Å². The molecule has 0 spiro atoms. The first-order chi connectivity index (χ1) is 16.9. The highest BCUT2D eigenvalue weighted by molar-refractivity contribution is 5.87. The first kappa shape index (κ1) is 24.7. The van der Waals surface area contributed by atoms with E-state index in [-0.39, 0.29) is 17.8 Å². The smallest absolute Gasteiger partial charge is 0.350 e. The summed E-state index contributed by atoms with van der Waals surface area (Å²) in [4.78, 5) is 30.2. The standard InChI is InChI=1S/C27H34N6O2/c1-7-19-17-33(26-25-23(31(5)27(34)30-26)14-15-24(28-4)29-25)20(8-2)16-32(19)22(9-3)18-10-12-21(35-6)13-11-18/h10-15,19-20,22H,7-9,16-17H2,1-3,5-6H3/t19-,20+,22+/m1/s1. The molecule has 0 unspecified atom stereocenters. The number of pyridine rings is 1. The molecule has 0 N–H and O–H groups in total. The van der Waals surface area contributed by atoms with E-state index in [1.807, 2.05) is 12.1 Å². The fraction of sp³-hybridized carbons (Fsp3) is 0.481. The van der Waals surface area contributed by atoms with Crippen LogP contribution in [0.25, 0.3) is 15.9 Å². The van der Waals surface area contributed by atoms with E-state index in [1.165, 1.54) is 10.1 Å². The fourth-order valence-electron chi connectivity index (χ4n) is 5.27. The Kier molecular flexibility index (Phi) is 7.37. The average molecular weight is 475 g/mol. The van der Waals surface area contributed by atoms with Crippen molar-refractivity contribution in [3.05, 3.63) is 63.9 Å². The van der Waals surface area contributed by atoms with Gasteiger partial charge < -0.3 is 14.5 Å². The molecule has 2 aromatic heterocycles. The van der Waals surface area contributed by atoms with E-state index in [2.05, 4.69) is 57.5 Å². The molecule has 3 atom stereocenters. The van der Waals surface area contributed by atoms with Crippen LogP contribution in [-0.4, -0.2) is 51.7 Å². The van der Waals surface area contributed by atoms with Gasteiger partial charge in [-0.1, -0.05) is 39.5 Å². The van der Waals surface area contributed by atoms with E-state index in [9.17, 15) is 4.79 Å². The largest absolute Gasteiger partial charge is 0.497 e. The number of methoxy groups -OCH3 is 1. The Morgan fingerprint density at radius 2 is 1.77 bits per heavy atom. The number of rotatable bonds is 7. The highest BCUT2D eigenvalue weighted by Crippen LogP contribution is 2.35. The van der Waals surface area contributed by atoms with Gasteiger partial charge >= 0.3 is 5.69 Å². The molecule has 0 aliphatic carbocycles. The van der Waals surface area contributed by atoms with E-state index < -0.39 is 0 Å². The highest BCUT2D eigenvalue weighted by atomic mass is 16.5. The first-order valence-electron chi connectivity index (χ1n) is 12.4. The van der Waals surface area contributed by atoms with E-state index in [0.29, 0.717) is 28.7 Å². The lowest BCUT2D eigenvalue weighted by atomic mass is 9.95. The number of hydrogen-bond donors (Lipinski definition) is 0. The number of piperazine rings is 1. The fourth-order valence-corrected chi connectivity index (χ4v) is 5.27. The molecule has 8 nitrogen and oxygen atoms in total. The predicted molar refractivity (Wildman–Crippen MR) is 139 cm³/mol. The van der Waals surface area contributed by atoms with Crippen LogP contribution in [0, 0.1) is 6.57 Å². The van der Waals surface area contributed by atoms with Gasteiger partial charge in [0.2, 0.25) is 5.52 Å². The zero-order chi connectivity index (χ0) is 25.1. The summed E-state index contributed by atoms with van der Waals surface area (Å²) < 4.78 is 6.86. The van der Waals surface area contributed by atoms with Crippen LogP contribution in [0.15, 0.2) is 41.2 Å². The highest BCUT2D eigenvalue weighted by Gasteiger charge is 2.38. The van der Waals surface area contributed by atoms with Crippen molar-refractivity contribution < 1.29 is 4.74 Å². The molecule has 1 aliphatic rings. The number of nitrogens with zero attached hydrogens (tertiary/aromatic N) is 6. The van der Waals surface area contributed by atoms with Crippen molar-refractivity contribution in [2.24, 2.45) is 7.05 Å². The summed E-state index contributed by atoms with van der Waals surface area (Å²) in [6.07, 6.45) is 2.89. The number of aryl methyl sites for hydroxylation is 1. The third-order valence-electron chi connectivity index (χ3n) is 7.28. The van der Waals surface area contributed by atoms with Gasteiger partial charge in [0, 0.05) is 38.3 Å². The Hall–Kier alpha value is -3.44. The maximum Gasteiger partial charge on any atom is 0.350 e. The van der Waals surface area contributed by atoms with Crippen molar-refractivity contribution in [2.45, 2.75) is 58.2 Å². The lowest BCUT2D eigenvalue weighted by Crippen LogP contribution is -2.59. The molecule has 0 bridgehead atoms. The molecule has 3 heterocycles. The third kappa shape index (κ3) is 4.61. The summed E-state index contributed by atoms with van der Waals surface area (Å²) in [5.74, 6) is 1.77. The second-order valence-corrected chi connectivity index (χ2v) is 9.10. The van der Waals surface area contributed by atoms with E-state index in [4.69, 9.17) is 11.3 Å². The molecule has 1 saturated heterocycles. The van der Waals surface area contributed by atoms with Gasteiger partial charge in [-0.05, 0) is 49.1 Å². The lowest BCUT2D eigenvalue weighted by molar-refractivity contribution is 0.0895. The minimum Gasteiger partial charge on any atom is -0.497 e. The van der Waals surface area contributed by atoms with Crippen LogP contribution in [0.2, 0.25) is 0 Å². The number of ether oxygens (including phenoxy) is 1. The Balaban J connectivity index is 1.75. The minimum atomic E-state index is -0.306. The SMILES string of the molecule is [C-]#[N+]c1ccc2c(n1)c(N1C[C@@H](CC)N([C@@H](CC)c3ccc(OC)cc3)C[C@@H]1CC)nc(=O)n2C. The van der Waals surface area contributed by atoms with Crippen LogP contribution in [0.5, 0.6) is 5.75 Å². The number of aromatic nitrogens is 3. The Bertz CT molecular complexity index is 1280. The predicted octanol–water partition coefficient (Wildman–Crippen LogP) is 4.72. The van der Waals surface area contributed by atoms with Gasteiger partial charge in [-0.3, -0.25) is 9.47 Å². The number of anilines is 1. The van der Waals surface area contributed by atoms with E-state index in [1.54, 1.807) is 26.3 Å². The third-order valence-corrected chi connectivity index (χ3v) is 7.28. The van der Waals surface area contributed by atoms with Crippen LogP contribution in [0.4, 0.5) is 11.6 Å². The van der Waals surface area contributed by atoms with Gasteiger partial charge in [-0.2, -0.15) is 4.98 Å². The van der Waals surface area contributed by atoms with Crippen LogP contribution in [0.1, 0.15) is 51.6 Å². The first-order valence-corrected chi connectivity index (χ1v) is 12.4. The Labute approximate surface area is 207 Å². The van der Waals surface area contributed by atoms with Gasteiger partial charge in [0.15, 0.2) is 5.82 Å². The average Bonchev–Trinajstić information content (AvgIpc) is 2.90. The summed E-state index contributed by atoms with van der Waals surface area (Å²) in [6.45, 7) is 15.7. The van der Waals surface area contributed by atoms with Crippen molar-refractivity contribution in [3.8, 4) is 5.75 Å². The monoisotopic (exact) mass is 474 g/mol. The number of fused-ring (bicyclic) bond motifs is 1. The molecule has 0 amide bonds. The number of hydrogen-bond acceptors (Lipinski definition) is 6. The van der Waals surface area contributed by atoms with Crippen molar-refractivity contribution >= 4 is 22.7 Å². The Morgan fingerprint density at radius 3 is 2.37 bits per heavy atom. The van der Waals surface area contributed by atoms with Crippen LogP contribution in [0.3, 0.4) is 0 Å². The molecule has 3 aromatic rings. The molecule has 4 rings (SSSR count). The lowest BCUT2D eigenvalue weighted by Gasteiger charge is -2.49.